The van der Waals surface area contributed by atoms with Gasteiger partial charge in [0.25, 0.3) is 0 Å². The summed E-state index contributed by atoms with van der Waals surface area (Å²) in [7, 11) is 1.69. The third-order valence-electron chi connectivity index (χ3n) is 3.23. The Hall–Kier alpha value is -1.07. The molecule has 2 aromatic carbocycles. The molecule has 0 spiro atoms. The van der Waals surface area contributed by atoms with Crippen LogP contribution < -0.4 is 11.1 Å². The van der Waals surface area contributed by atoms with Crippen LogP contribution in [0.4, 0.5) is 5.69 Å². The number of hydrogen-bond acceptors (Lipinski definition) is 3. The van der Waals surface area contributed by atoms with Gasteiger partial charge in [-0.25, -0.2) is 0 Å². The SMILES string of the molecule is COCc1ccccc1C(CN)Nc1ccc(Cl)c(Br)c1. The molecule has 0 saturated carbocycles. The topological polar surface area (TPSA) is 47.3 Å². The van der Waals surface area contributed by atoms with Crippen molar-refractivity contribution < 1.29 is 4.74 Å². The highest BCUT2D eigenvalue weighted by atomic mass is 79.9. The van der Waals surface area contributed by atoms with Crippen LogP contribution in [-0.4, -0.2) is 13.7 Å². The number of rotatable bonds is 6. The summed E-state index contributed by atoms with van der Waals surface area (Å²) in [5, 5.41) is 4.13. The van der Waals surface area contributed by atoms with Crippen LogP contribution in [0.3, 0.4) is 0 Å². The lowest BCUT2D eigenvalue weighted by Crippen LogP contribution is -2.22. The number of nitrogens with two attached hydrogens (primary N) is 1. The fourth-order valence-electron chi connectivity index (χ4n) is 2.21. The molecule has 112 valence electrons. The molecule has 0 aliphatic carbocycles. The number of anilines is 1. The monoisotopic (exact) mass is 368 g/mol. The highest BCUT2D eigenvalue weighted by Crippen LogP contribution is 2.28. The molecule has 0 fully saturated rings. The average Bonchev–Trinajstić information content (AvgIpc) is 2.49. The van der Waals surface area contributed by atoms with E-state index in [9.17, 15) is 0 Å². The zero-order valence-electron chi connectivity index (χ0n) is 11.8. The molecular formula is C16H18BrClN2O. The Bertz CT molecular complexity index is 607. The van der Waals surface area contributed by atoms with Crippen molar-refractivity contribution in [2.75, 3.05) is 19.0 Å². The molecule has 0 saturated heterocycles. The van der Waals surface area contributed by atoms with E-state index in [1.807, 2.05) is 30.3 Å². The summed E-state index contributed by atoms with van der Waals surface area (Å²) in [6, 6.07) is 13.9. The molecule has 0 amide bonds. The van der Waals surface area contributed by atoms with Crippen LogP contribution in [0.25, 0.3) is 0 Å². The number of ether oxygens (including phenoxy) is 1. The standard InChI is InChI=1S/C16H18BrClN2O/c1-21-10-11-4-2-3-5-13(11)16(9-19)20-12-6-7-15(18)14(17)8-12/h2-8,16,20H,9-10,19H2,1H3. The van der Waals surface area contributed by atoms with Gasteiger partial charge in [0.15, 0.2) is 0 Å². The van der Waals surface area contributed by atoms with E-state index in [0.717, 1.165) is 21.3 Å². The summed E-state index contributed by atoms with van der Waals surface area (Å²) in [6.07, 6.45) is 0. The van der Waals surface area contributed by atoms with Crippen LogP contribution in [0.15, 0.2) is 46.9 Å². The second-order valence-electron chi connectivity index (χ2n) is 4.69. The van der Waals surface area contributed by atoms with Crippen molar-refractivity contribution in [3.05, 3.63) is 63.1 Å². The van der Waals surface area contributed by atoms with E-state index in [1.165, 1.54) is 0 Å². The molecule has 0 aromatic heterocycles. The van der Waals surface area contributed by atoms with E-state index >= 15 is 0 Å². The number of hydrogen-bond donors (Lipinski definition) is 2. The molecule has 3 N–H and O–H groups in total. The summed E-state index contributed by atoms with van der Waals surface area (Å²) >= 11 is 9.45. The van der Waals surface area contributed by atoms with Gasteiger partial charge in [0.2, 0.25) is 0 Å². The van der Waals surface area contributed by atoms with Crippen molar-refractivity contribution >= 4 is 33.2 Å². The van der Waals surface area contributed by atoms with Crippen LogP contribution in [0.5, 0.6) is 0 Å². The molecule has 21 heavy (non-hydrogen) atoms. The van der Waals surface area contributed by atoms with Gasteiger partial charge >= 0.3 is 0 Å². The molecule has 2 aromatic rings. The molecule has 0 aliphatic rings. The summed E-state index contributed by atoms with van der Waals surface area (Å²) in [5.74, 6) is 0. The van der Waals surface area contributed by atoms with Crippen molar-refractivity contribution in [3.63, 3.8) is 0 Å². The normalized spacial score (nSPS) is 12.2. The number of nitrogens with one attached hydrogen (secondary N) is 1. The lowest BCUT2D eigenvalue weighted by Gasteiger charge is -2.21. The van der Waals surface area contributed by atoms with Crippen molar-refractivity contribution in [3.8, 4) is 0 Å². The number of halogens is 2. The van der Waals surface area contributed by atoms with E-state index < -0.39 is 0 Å². The zero-order valence-corrected chi connectivity index (χ0v) is 14.1. The second kappa shape index (κ2) is 7.80. The first-order valence-electron chi connectivity index (χ1n) is 6.64. The summed E-state index contributed by atoms with van der Waals surface area (Å²) in [4.78, 5) is 0. The van der Waals surface area contributed by atoms with Gasteiger partial charge in [0, 0.05) is 23.8 Å². The Morgan fingerprint density at radius 2 is 2.05 bits per heavy atom. The Morgan fingerprint density at radius 3 is 2.71 bits per heavy atom. The summed E-state index contributed by atoms with van der Waals surface area (Å²) < 4.78 is 6.11. The maximum absolute atomic E-state index is 6.02. The fourth-order valence-corrected chi connectivity index (χ4v) is 2.71. The predicted octanol–water partition coefficient (Wildman–Crippen LogP) is 4.36. The first kappa shape index (κ1) is 16.3. The van der Waals surface area contributed by atoms with Gasteiger partial charge in [-0.15, -0.1) is 0 Å². The van der Waals surface area contributed by atoms with Gasteiger partial charge in [-0.2, -0.15) is 0 Å². The fraction of sp³-hybridized carbons (Fsp3) is 0.250. The lowest BCUT2D eigenvalue weighted by molar-refractivity contribution is 0.184. The smallest absolute Gasteiger partial charge is 0.0716 e. The van der Waals surface area contributed by atoms with Gasteiger partial charge < -0.3 is 15.8 Å². The number of methoxy groups -OCH3 is 1. The van der Waals surface area contributed by atoms with Crippen LogP contribution in [0, 0.1) is 0 Å². The highest BCUT2D eigenvalue weighted by Gasteiger charge is 2.14. The predicted molar refractivity (Wildman–Crippen MR) is 91.7 cm³/mol. The van der Waals surface area contributed by atoms with Crippen molar-refractivity contribution in [1.29, 1.82) is 0 Å². The Morgan fingerprint density at radius 1 is 1.29 bits per heavy atom. The largest absolute Gasteiger partial charge is 0.380 e. The Kier molecular flexibility index (Phi) is 6.06. The molecule has 0 aliphatic heterocycles. The Balaban J connectivity index is 2.25. The van der Waals surface area contributed by atoms with Crippen molar-refractivity contribution in [2.24, 2.45) is 5.73 Å². The number of benzene rings is 2. The summed E-state index contributed by atoms with van der Waals surface area (Å²) in [6.45, 7) is 1.06. The lowest BCUT2D eigenvalue weighted by atomic mass is 10.0. The minimum atomic E-state index is 0.0180. The first-order chi connectivity index (χ1) is 10.2. The first-order valence-corrected chi connectivity index (χ1v) is 7.81. The molecule has 0 heterocycles. The van der Waals surface area contributed by atoms with Crippen LogP contribution in [0.2, 0.25) is 5.02 Å². The van der Waals surface area contributed by atoms with E-state index in [2.05, 4.69) is 33.4 Å². The molecule has 5 heteroatoms. The third kappa shape index (κ3) is 4.20. The van der Waals surface area contributed by atoms with Crippen molar-refractivity contribution in [1.82, 2.24) is 0 Å². The molecule has 0 radical (unpaired) electrons. The van der Waals surface area contributed by atoms with Gasteiger partial charge in [-0.3, -0.25) is 0 Å². The van der Waals surface area contributed by atoms with Gasteiger partial charge in [0.1, 0.15) is 0 Å². The van der Waals surface area contributed by atoms with Gasteiger partial charge in [-0.05, 0) is 45.3 Å². The van der Waals surface area contributed by atoms with E-state index in [1.54, 1.807) is 7.11 Å². The van der Waals surface area contributed by atoms with E-state index in [-0.39, 0.29) is 6.04 Å². The minimum Gasteiger partial charge on any atom is -0.380 e. The summed E-state index contributed by atoms with van der Waals surface area (Å²) in [5.41, 5.74) is 9.19. The maximum Gasteiger partial charge on any atom is 0.0716 e. The van der Waals surface area contributed by atoms with Crippen LogP contribution >= 0.6 is 27.5 Å². The van der Waals surface area contributed by atoms with Gasteiger partial charge in [-0.1, -0.05) is 35.9 Å². The quantitative estimate of drug-likeness (QED) is 0.795. The molecule has 0 bridgehead atoms. The molecule has 1 unspecified atom stereocenters. The zero-order chi connectivity index (χ0) is 15.2. The second-order valence-corrected chi connectivity index (χ2v) is 5.95. The van der Waals surface area contributed by atoms with Crippen LogP contribution in [-0.2, 0) is 11.3 Å². The van der Waals surface area contributed by atoms with E-state index in [0.29, 0.717) is 18.2 Å². The molecule has 2 rings (SSSR count). The minimum absolute atomic E-state index is 0.0180. The molecule has 1 atom stereocenters. The Labute approximate surface area is 138 Å². The van der Waals surface area contributed by atoms with Crippen LogP contribution in [0.1, 0.15) is 17.2 Å². The van der Waals surface area contributed by atoms with Gasteiger partial charge in [0.05, 0.1) is 17.7 Å². The molecular weight excluding hydrogens is 352 g/mol. The maximum atomic E-state index is 6.02. The third-order valence-corrected chi connectivity index (χ3v) is 4.44. The molecule has 3 nitrogen and oxygen atoms in total. The highest BCUT2D eigenvalue weighted by molar-refractivity contribution is 9.10. The van der Waals surface area contributed by atoms with E-state index in [4.69, 9.17) is 22.1 Å². The van der Waals surface area contributed by atoms with Crippen molar-refractivity contribution in [2.45, 2.75) is 12.6 Å². The average molecular weight is 370 g/mol.